The SMILES string of the molecule is CC#Cc1cc(C)c(C2C(=O)CC([C@H]3CC[C@@H](NC(C)=O)CC3)CC2=O)c(C)c1. The lowest BCUT2D eigenvalue weighted by Gasteiger charge is -2.37. The second-order valence-electron chi connectivity index (χ2n) is 8.74. The van der Waals surface area contributed by atoms with Gasteiger partial charge < -0.3 is 5.32 Å². The van der Waals surface area contributed by atoms with Gasteiger partial charge in [0.05, 0.1) is 0 Å². The highest BCUT2D eigenvalue weighted by atomic mass is 16.2. The second kappa shape index (κ2) is 8.95. The molecule has 1 N–H and O–H groups in total. The lowest BCUT2D eigenvalue weighted by atomic mass is 9.67. The van der Waals surface area contributed by atoms with Crippen LogP contribution < -0.4 is 5.32 Å². The van der Waals surface area contributed by atoms with Crippen LogP contribution >= 0.6 is 0 Å². The van der Waals surface area contributed by atoms with Gasteiger partial charge >= 0.3 is 0 Å². The standard InChI is InChI=1S/C25H31NO3/c1-5-6-18-11-15(2)24(16(3)12-18)25-22(28)13-20(14-23(25)29)19-7-9-21(10-8-19)26-17(4)27/h11-12,19-21,25H,7-10,13-14H2,1-4H3,(H,26,27)/t19-,20?,21+,25?. The number of ketones is 2. The Balaban J connectivity index is 1.71. The number of hydrogen-bond acceptors (Lipinski definition) is 3. The number of carbonyl (C=O) groups is 3. The number of carbonyl (C=O) groups excluding carboxylic acids is 3. The number of hydrogen-bond donors (Lipinski definition) is 1. The molecular weight excluding hydrogens is 362 g/mol. The maximum Gasteiger partial charge on any atom is 0.217 e. The molecule has 0 aromatic heterocycles. The van der Waals surface area contributed by atoms with Crippen LogP contribution in [0.15, 0.2) is 12.1 Å². The fourth-order valence-corrected chi connectivity index (χ4v) is 5.33. The summed E-state index contributed by atoms with van der Waals surface area (Å²) in [5.74, 6) is 6.04. The highest BCUT2D eigenvalue weighted by Gasteiger charge is 2.41. The van der Waals surface area contributed by atoms with Crippen LogP contribution in [-0.4, -0.2) is 23.5 Å². The molecule has 0 aliphatic heterocycles. The Hall–Kier alpha value is -2.41. The molecule has 154 valence electrons. The van der Waals surface area contributed by atoms with E-state index in [0.29, 0.717) is 18.8 Å². The average Bonchev–Trinajstić information content (AvgIpc) is 2.63. The lowest BCUT2D eigenvalue weighted by molar-refractivity contribution is -0.134. The van der Waals surface area contributed by atoms with Crippen LogP contribution in [0, 0.1) is 37.5 Å². The van der Waals surface area contributed by atoms with E-state index < -0.39 is 5.92 Å². The maximum absolute atomic E-state index is 13.1. The Bertz CT molecular complexity index is 840. The lowest BCUT2D eigenvalue weighted by Crippen LogP contribution is -2.40. The average molecular weight is 394 g/mol. The van der Waals surface area contributed by atoms with Crippen molar-refractivity contribution in [1.29, 1.82) is 0 Å². The normalized spacial score (nSPS) is 27.2. The van der Waals surface area contributed by atoms with Crippen molar-refractivity contribution >= 4 is 17.5 Å². The Morgan fingerprint density at radius 1 is 0.966 bits per heavy atom. The van der Waals surface area contributed by atoms with Gasteiger partial charge in [0.15, 0.2) is 0 Å². The topological polar surface area (TPSA) is 63.2 Å². The third-order valence-corrected chi connectivity index (χ3v) is 6.57. The molecular formula is C25H31NO3. The van der Waals surface area contributed by atoms with Crippen molar-refractivity contribution in [2.45, 2.75) is 78.2 Å². The Morgan fingerprint density at radius 2 is 1.52 bits per heavy atom. The number of benzene rings is 1. The van der Waals surface area contributed by atoms with Crippen LogP contribution in [0.1, 0.15) is 80.5 Å². The van der Waals surface area contributed by atoms with Crippen molar-refractivity contribution < 1.29 is 14.4 Å². The van der Waals surface area contributed by atoms with Crippen LogP contribution in [0.4, 0.5) is 0 Å². The van der Waals surface area contributed by atoms with Gasteiger partial charge in [-0.25, -0.2) is 0 Å². The van der Waals surface area contributed by atoms with Crippen LogP contribution in [-0.2, 0) is 14.4 Å². The van der Waals surface area contributed by atoms with Crippen molar-refractivity contribution in [3.8, 4) is 11.8 Å². The van der Waals surface area contributed by atoms with E-state index in [1.54, 1.807) is 13.8 Å². The molecule has 4 nitrogen and oxygen atoms in total. The van der Waals surface area contributed by atoms with E-state index in [2.05, 4.69) is 17.2 Å². The summed E-state index contributed by atoms with van der Waals surface area (Å²) in [5.41, 5.74) is 3.76. The van der Waals surface area contributed by atoms with E-state index in [4.69, 9.17) is 0 Å². The molecule has 0 atom stereocenters. The molecule has 29 heavy (non-hydrogen) atoms. The molecule has 0 heterocycles. The molecule has 0 radical (unpaired) electrons. The van der Waals surface area contributed by atoms with Gasteiger partial charge in [-0.2, -0.15) is 0 Å². The quantitative estimate of drug-likeness (QED) is 0.624. The van der Waals surface area contributed by atoms with Crippen molar-refractivity contribution in [3.63, 3.8) is 0 Å². The van der Waals surface area contributed by atoms with Gasteiger partial charge in [0.2, 0.25) is 5.91 Å². The first-order valence-electron chi connectivity index (χ1n) is 10.7. The van der Waals surface area contributed by atoms with Gasteiger partial charge in [0, 0.05) is 31.4 Å². The third kappa shape index (κ3) is 4.78. The number of aryl methyl sites for hydroxylation is 2. The number of nitrogens with one attached hydrogen (secondary N) is 1. The Kier molecular flexibility index (Phi) is 6.57. The van der Waals surface area contributed by atoms with Crippen LogP contribution in [0.3, 0.4) is 0 Å². The minimum atomic E-state index is -0.620. The molecule has 2 saturated carbocycles. The van der Waals surface area contributed by atoms with E-state index >= 15 is 0 Å². The minimum absolute atomic E-state index is 0.0148. The highest BCUT2D eigenvalue weighted by Crippen LogP contribution is 2.41. The minimum Gasteiger partial charge on any atom is -0.354 e. The van der Waals surface area contributed by atoms with E-state index in [0.717, 1.165) is 47.9 Å². The third-order valence-electron chi connectivity index (χ3n) is 6.57. The summed E-state index contributed by atoms with van der Waals surface area (Å²) in [6.07, 6.45) is 4.80. The Morgan fingerprint density at radius 3 is 2.00 bits per heavy atom. The van der Waals surface area contributed by atoms with E-state index in [1.807, 2.05) is 26.0 Å². The largest absolute Gasteiger partial charge is 0.354 e. The van der Waals surface area contributed by atoms with E-state index in [-0.39, 0.29) is 29.4 Å². The van der Waals surface area contributed by atoms with Gasteiger partial charge in [-0.05, 0) is 87.1 Å². The monoisotopic (exact) mass is 393 g/mol. The first-order chi connectivity index (χ1) is 13.8. The molecule has 0 bridgehead atoms. The zero-order valence-electron chi connectivity index (χ0n) is 17.9. The molecule has 1 amide bonds. The smallest absolute Gasteiger partial charge is 0.217 e. The van der Waals surface area contributed by atoms with Crippen LogP contribution in [0.5, 0.6) is 0 Å². The molecule has 1 aromatic rings. The van der Waals surface area contributed by atoms with Crippen molar-refractivity contribution in [2.75, 3.05) is 0 Å². The summed E-state index contributed by atoms with van der Waals surface area (Å²) < 4.78 is 0. The number of amides is 1. The van der Waals surface area contributed by atoms with Crippen molar-refractivity contribution in [1.82, 2.24) is 5.32 Å². The second-order valence-corrected chi connectivity index (χ2v) is 8.74. The molecule has 3 rings (SSSR count). The summed E-state index contributed by atoms with van der Waals surface area (Å²) in [6, 6.07) is 4.20. The Labute approximate surface area is 173 Å². The molecule has 4 heteroatoms. The first kappa shape index (κ1) is 21.3. The zero-order valence-corrected chi connectivity index (χ0v) is 17.9. The van der Waals surface area contributed by atoms with Crippen LogP contribution in [0.2, 0.25) is 0 Å². The number of Topliss-reactive ketones (excluding diaryl/α,β-unsaturated/α-hetero) is 2. The summed E-state index contributed by atoms with van der Waals surface area (Å²) >= 11 is 0. The van der Waals surface area contributed by atoms with Gasteiger partial charge in [-0.1, -0.05) is 5.92 Å². The molecule has 0 spiro atoms. The summed E-state index contributed by atoms with van der Waals surface area (Å²) in [5, 5.41) is 2.99. The van der Waals surface area contributed by atoms with E-state index in [9.17, 15) is 14.4 Å². The summed E-state index contributed by atoms with van der Waals surface area (Å²) in [4.78, 5) is 37.4. The fraction of sp³-hybridized carbons (Fsp3) is 0.560. The molecule has 0 unspecified atom stereocenters. The zero-order chi connectivity index (χ0) is 21.1. The molecule has 2 aliphatic rings. The van der Waals surface area contributed by atoms with Gasteiger partial charge in [-0.15, -0.1) is 5.92 Å². The predicted molar refractivity (Wildman–Crippen MR) is 114 cm³/mol. The van der Waals surface area contributed by atoms with Gasteiger partial charge in [-0.3, -0.25) is 14.4 Å². The van der Waals surface area contributed by atoms with Crippen LogP contribution in [0.25, 0.3) is 0 Å². The van der Waals surface area contributed by atoms with Crippen molar-refractivity contribution in [2.24, 2.45) is 11.8 Å². The van der Waals surface area contributed by atoms with Gasteiger partial charge in [0.25, 0.3) is 0 Å². The maximum atomic E-state index is 13.1. The van der Waals surface area contributed by atoms with Gasteiger partial charge in [0.1, 0.15) is 17.5 Å². The molecule has 2 fully saturated rings. The number of rotatable bonds is 3. The molecule has 0 saturated heterocycles. The fourth-order valence-electron chi connectivity index (χ4n) is 5.33. The summed E-state index contributed by atoms with van der Waals surface area (Å²) in [7, 11) is 0. The highest BCUT2D eigenvalue weighted by molar-refractivity contribution is 6.10. The van der Waals surface area contributed by atoms with Crippen molar-refractivity contribution in [3.05, 3.63) is 34.4 Å². The predicted octanol–water partition coefficient (Wildman–Crippen LogP) is 4.00. The summed E-state index contributed by atoms with van der Waals surface area (Å²) in [6.45, 7) is 7.30. The molecule has 2 aliphatic carbocycles. The van der Waals surface area contributed by atoms with E-state index in [1.165, 1.54) is 0 Å². The molecule has 1 aromatic carbocycles. The first-order valence-corrected chi connectivity index (χ1v) is 10.7.